The summed E-state index contributed by atoms with van der Waals surface area (Å²) in [5.74, 6) is -0.596. The first-order chi connectivity index (χ1) is 10.1. The average Bonchev–Trinajstić information content (AvgIpc) is 2.81. The Kier molecular flexibility index (Phi) is 6.14. The molecule has 22 heavy (non-hydrogen) atoms. The molecule has 0 unspecified atom stereocenters. The lowest BCUT2D eigenvalue weighted by Gasteiger charge is -1.96. The minimum Gasteiger partial charge on any atom is -1.00 e. The molecule has 0 saturated carbocycles. The highest BCUT2D eigenvalue weighted by Gasteiger charge is 2.15. The van der Waals surface area contributed by atoms with Crippen LogP contribution in [0.3, 0.4) is 0 Å². The number of imidazole rings is 1. The number of nitrogens with zero attached hydrogens (tertiary/aromatic N) is 5. The van der Waals surface area contributed by atoms with Crippen LogP contribution >= 0.6 is 0 Å². The summed E-state index contributed by atoms with van der Waals surface area (Å²) in [5.41, 5.74) is 2.76. The van der Waals surface area contributed by atoms with Gasteiger partial charge in [-0.25, -0.2) is 9.99 Å². The van der Waals surface area contributed by atoms with Crippen LogP contribution < -0.4 is 22.4 Å². The fraction of sp³-hybridized carbons (Fsp3) is 0.167. The summed E-state index contributed by atoms with van der Waals surface area (Å²) in [6.45, 7) is 0.129. The maximum atomic E-state index is 11.6. The number of carbonyl (C=O) groups excluding carboxylic acids is 1. The summed E-state index contributed by atoms with van der Waals surface area (Å²) in [4.78, 5) is 25.3. The van der Waals surface area contributed by atoms with E-state index < -0.39 is 4.92 Å². The van der Waals surface area contributed by atoms with Crippen molar-refractivity contribution in [1.29, 1.82) is 0 Å². The van der Waals surface area contributed by atoms with Crippen molar-refractivity contribution >= 4 is 18.1 Å². The summed E-state index contributed by atoms with van der Waals surface area (Å²) in [6, 6.07) is 5.47. The minimum atomic E-state index is -0.595. The van der Waals surface area contributed by atoms with Gasteiger partial charge in [0.25, 0.3) is 0 Å². The molecule has 1 amide bonds. The van der Waals surface area contributed by atoms with Crippen molar-refractivity contribution in [1.82, 2.24) is 15.0 Å². The number of aromatic nitrogens is 3. The highest BCUT2D eigenvalue weighted by atomic mass is 35.5. The van der Waals surface area contributed by atoms with E-state index in [1.807, 2.05) is 18.2 Å². The fourth-order valence-electron chi connectivity index (χ4n) is 1.61. The van der Waals surface area contributed by atoms with Crippen molar-refractivity contribution in [2.75, 3.05) is 0 Å². The van der Waals surface area contributed by atoms with E-state index in [9.17, 15) is 14.9 Å². The summed E-state index contributed by atoms with van der Waals surface area (Å²) < 4.78 is 2.96. The Morgan fingerprint density at radius 1 is 1.50 bits per heavy atom. The highest BCUT2D eigenvalue weighted by Crippen LogP contribution is 2.08. The normalized spacial score (nSPS) is 10.2. The number of rotatable bonds is 5. The van der Waals surface area contributed by atoms with Crippen molar-refractivity contribution < 1.29 is 26.7 Å². The molecule has 1 N–H and O–H groups in total. The molecule has 2 aromatic heterocycles. The summed E-state index contributed by atoms with van der Waals surface area (Å²) in [5, 5.41) is 14.4. The smallest absolute Gasteiger partial charge is 0.434 e. The number of pyridine rings is 1. The second-order valence-electron chi connectivity index (χ2n) is 4.14. The van der Waals surface area contributed by atoms with Crippen molar-refractivity contribution in [2.24, 2.45) is 12.1 Å². The van der Waals surface area contributed by atoms with Crippen molar-refractivity contribution in [2.45, 2.75) is 6.54 Å². The van der Waals surface area contributed by atoms with Crippen LogP contribution in [0.2, 0.25) is 0 Å². The zero-order chi connectivity index (χ0) is 15.2. The van der Waals surface area contributed by atoms with Gasteiger partial charge in [0.1, 0.15) is 6.20 Å². The second-order valence-corrected chi connectivity index (χ2v) is 4.14. The highest BCUT2D eigenvalue weighted by molar-refractivity contribution is 5.80. The van der Waals surface area contributed by atoms with E-state index in [1.54, 1.807) is 17.0 Å². The molecule has 0 bridgehead atoms. The number of amides is 1. The Morgan fingerprint density at radius 2 is 2.18 bits per heavy atom. The molecule has 10 heteroatoms. The molecule has 116 valence electrons. The number of nitro groups is 1. The molecule has 0 aliphatic heterocycles. The van der Waals surface area contributed by atoms with Crippen LogP contribution in [-0.4, -0.2) is 26.6 Å². The predicted molar refractivity (Wildman–Crippen MR) is 72.2 cm³/mol. The number of carbonyl (C=O) groups is 1. The van der Waals surface area contributed by atoms with E-state index in [-0.39, 0.29) is 30.8 Å². The molecule has 2 heterocycles. The Balaban J connectivity index is 0.00000242. The molecule has 0 radical (unpaired) electrons. The third-order valence-corrected chi connectivity index (χ3v) is 2.65. The Morgan fingerprint density at radius 3 is 2.77 bits per heavy atom. The molecule has 2 rings (SSSR count). The van der Waals surface area contributed by atoms with Gasteiger partial charge in [-0.15, -0.1) is 0 Å². The monoisotopic (exact) mass is 324 g/mol. The van der Waals surface area contributed by atoms with E-state index in [0.717, 1.165) is 0 Å². The van der Waals surface area contributed by atoms with Gasteiger partial charge >= 0.3 is 11.9 Å². The van der Waals surface area contributed by atoms with Crippen LogP contribution in [0.4, 0.5) is 5.95 Å². The molecule has 0 aliphatic carbocycles. The largest absolute Gasteiger partial charge is 1.00 e. The van der Waals surface area contributed by atoms with E-state index in [1.165, 1.54) is 24.0 Å². The van der Waals surface area contributed by atoms with Crippen LogP contribution in [-0.2, 0) is 18.4 Å². The van der Waals surface area contributed by atoms with Gasteiger partial charge in [-0.3, -0.25) is 4.79 Å². The summed E-state index contributed by atoms with van der Waals surface area (Å²) in [7, 11) is 1.49. The van der Waals surface area contributed by atoms with Gasteiger partial charge in [0.05, 0.1) is 13.3 Å². The van der Waals surface area contributed by atoms with Crippen LogP contribution in [0.25, 0.3) is 0 Å². The maximum absolute atomic E-state index is 11.6. The van der Waals surface area contributed by atoms with Gasteiger partial charge in [-0.1, -0.05) is 11.1 Å². The number of hydrogen-bond donors (Lipinski definition) is 1. The van der Waals surface area contributed by atoms with Gasteiger partial charge in [0.2, 0.25) is 6.54 Å². The minimum absolute atomic E-state index is 0. The molecular weight excluding hydrogens is 312 g/mol. The average molecular weight is 325 g/mol. The molecule has 0 aliphatic rings. The quantitative estimate of drug-likeness (QED) is 0.270. The Hall–Kier alpha value is -2.81. The molecule has 0 atom stereocenters. The zero-order valence-corrected chi connectivity index (χ0v) is 12.3. The second kappa shape index (κ2) is 7.84. The van der Waals surface area contributed by atoms with Crippen LogP contribution in [0.15, 0.2) is 41.9 Å². The first-order valence-corrected chi connectivity index (χ1v) is 6.00. The lowest BCUT2D eigenvalue weighted by molar-refractivity contribution is -0.684. The van der Waals surface area contributed by atoms with E-state index in [0.29, 0.717) is 5.69 Å². The topological polar surface area (TPSA) is 106 Å². The van der Waals surface area contributed by atoms with Crippen molar-refractivity contribution in [3.63, 3.8) is 0 Å². The molecule has 2 aromatic rings. The number of hydrogen-bond acceptors (Lipinski definition) is 5. The zero-order valence-electron chi connectivity index (χ0n) is 11.6. The molecule has 0 aromatic carbocycles. The van der Waals surface area contributed by atoms with Gasteiger partial charge in [0, 0.05) is 12.1 Å². The third-order valence-electron chi connectivity index (χ3n) is 2.65. The fourth-order valence-corrected chi connectivity index (χ4v) is 1.61. The maximum Gasteiger partial charge on any atom is 0.434 e. The molecule has 0 spiro atoms. The van der Waals surface area contributed by atoms with Gasteiger partial charge in [-0.05, 0) is 4.92 Å². The predicted octanol–water partition coefficient (Wildman–Crippen LogP) is -3.23. The SMILES string of the molecule is Cn1c(C=NNC(=O)C[n+]2ccccc2)cnc1[N+](=O)[O-].[Cl-]. The van der Waals surface area contributed by atoms with E-state index >= 15 is 0 Å². The summed E-state index contributed by atoms with van der Waals surface area (Å²) in [6.07, 6.45) is 6.12. The van der Waals surface area contributed by atoms with Crippen LogP contribution in [0.5, 0.6) is 0 Å². The molecular formula is C12H13ClN6O3. The standard InChI is InChI=1S/C12H12N6O3.ClH/c1-16-10(7-13-12(16)18(20)21)8-14-15-11(19)9-17-5-3-2-4-6-17;/h2-8H,9H2,1H3;1H. The first kappa shape index (κ1) is 17.2. The Bertz CT molecular complexity index is 685. The van der Waals surface area contributed by atoms with Gasteiger partial charge in [-0.2, -0.15) is 9.67 Å². The molecule has 0 saturated heterocycles. The number of halogens is 1. The molecule has 0 fully saturated rings. The van der Waals surface area contributed by atoms with E-state index in [4.69, 9.17) is 0 Å². The van der Waals surface area contributed by atoms with Gasteiger partial charge < -0.3 is 22.5 Å². The van der Waals surface area contributed by atoms with Gasteiger partial charge in [0.15, 0.2) is 18.1 Å². The lowest BCUT2D eigenvalue weighted by atomic mass is 10.4. The van der Waals surface area contributed by atoms with Crippen molar-refractivity contribution in [3.05, 3.63) is 52.6 Å². The van der Waals surface area contributed by atoms with E-state index in [2.05, 4.69) is 15.5 Å². The first-order valence-electron chi connectivity index (χ1n) is 6.00. The Labute approximate surface area is 131 Å². The third kappa shape index (κ3) is 4.35. The van der Waals surface area contributed by atoms with Crippen molar-refractivity contribution in [3.8, 4) is 0 Å². The number of nitrogens with one attached hydrogen (secondary N) is 1. The molecule has 9 nitrogen and oxygen atoms in total. The summed E-state index contributed by atoms with van der Waals surface area (Å²) >= 11 is 0. The van der Waals surface area contributed by atoms with Crippen LogP contribution in [0.1, 0.15) is 5.69 Å². The van der Waals surface area contributed by atoms with Crippen LogP contribution in [0, 0.1) is 10.1 Å². The number of hydrazone groups is 1. The lowest BCUT2D eigenvalue weighted by Crippen LogP contribution is -3.00.